The van der Waals surface area contributed by atoms with E-state index in [9.17, 15) is 4.79 Å². The van der Waals surface area contributed by atoms with Crippen molar-refractivity contribution in [1.29, 1.82) is 0 Å². The quantitative estimate of drug-likeness (QED) is 0.431. The maximum absolute atomic E-state index is 12.1. The standard InChI is InChI=1S/C23H18ClNO2/c1-27-23(26)21-15-18(24)11-10-17(21)14-16-6-5-9-22-20(16)12-13-25(22)19-7-3-2-4-8-19/h2-13,15H,14H2,1H3. The molecule has 4 heteroatoms. The SMILES string of the molecule is COC(=O)c1cc(Cl)ccc1Cc1cccc2c1ccn2-c1ccccc1. The summed E-state index contributed by atoms with van der Waals surface area (Å²) < 4.78 is 7.09. The Kier molecular flexibility index (Phi) is 4.69. The first kappa shape index (κ1) is 17.4. The van der Waals surface area contributed by atoms with Crippen molar-refractivity contribution in [3.05, 3.63) is 101 Å². The van der Waals surface area contributed by atoms with E-state index < -0.39 is 0 Å². The fraction of sp³-hybridized carbons (Fsp3) is 0.0870. The lowest BCUT2D eigenvalue weighted by Crippen LogP contribution is -2.06. The number of hydrogen-bond donors (Lipinski definition) is 0. The van der Waals surface area contributed by atoms with Crippen molar-refractivity contribution >= 4 is 28.5 Å². The molecule has 27 heavy (non-hydrogen) atoms. The third kappa shape index (κ3) is 3.34. The highest BCUT2D eigenvalue weighted by Gasteiger charge is 2.15. The normalized spacial score (nSPS) is 10.9. The van der Waals surface area contributed by atoms with Crippen LogP contribution in [0.1, 0.15) is 21.5 Å². The highest BCUT2D eigenvalue weighted by molar-refractivity contribution is 6.31. The fourth-order valence-corrected chi connectivity index (χ4v) is 3.58. The van der Waals surface area contributed by atoms with Crippen molar-refractivity contribution in [2.24, 2.45) is 0 Å². The molecule has 0 N–H and O–H groups in total. The predicted octanol–water partition coefficient (Wildman–Crippen LogP) is 5.66. The van der Waals surface area contributed by atoms with Gasteiger partial charge in [0.1, 0.15) is 0 Å². The van der Waals surface area contributed by atoms with Gasteiger partial charge in [0, 0.05) is 22.3 Å². The Morgan fingerprint density at radius 3 is 2.56 bits per heavy atom. The summed E-state index contributed by atoms with van der Waals surface area (Å²) in [5, 5.41) is 1.68. The monoisotopic (exact) mass is 375 g/mol. The number of benzene rings is 3. The summed E-state index contributed by atoms with van der Waals surface area (Å²) in [6.07, 6.45) is 2.70. The zero-order valence-electron chi connectivity index (χ0n) is 14.9. The van der Waals surface area contributed by atoms with Gasteiger partial charge in [0.05, 0.1) is 18.2 Å². The van der Waals surface area contributed by atoms with Crippen LogP contribution < -0.4 is 0 Å². The maximum Gasteiger partial charge on any atom is 0.338 e. The number of hydrogen-bond acceptors (Lipinski definition) is 2. The lowest BCUT2D eigenvalue weighted by molar-refractivity contribution is 0.0599. The number of rotatable bonds is 4. The van der Waals surface area contributed by atoms with Crippen LogP contribution in [0.15, 0.2) is 79.0 Å². The van der Waals surface area contributed by atoms with Crippen LogP contribution in [-0.4, -0.2) is 17.6 Å². The van der Waals surface area contributed by atoms with Gasteiger partial charge in [0.2, 0.25) is 0 Å². The van der Waals surface area contributed by atoms with E-state index in [2.05, 4.69) is 41.1 Å². The number of carbonyl (C=O) groups is 1. The van der Waals surface area contributed by atoms with Crippen LogP contribution in [-0.2, 0) is 11.2 Å². The summed E-state index contributed by atoms with van der Waals surface area (Å²) in [5.74, 6) is -0.374. The Labute approximate surface area is 162 Å². The van der Waals surface area contributed by atoms with E-state index in [-0.39, 0.29) is 5.97 Å². The summed E-state index contributed by atoms with van der Waals surface area (Å²) in [4.78, 5) is 12.1. The summed E-state index contributed by atoms with van der Waals surface area (Å²) in [6, 6.07) is 24.0. The molecule has 0 radical (unpaired) electrons. The minimum absolute atomic E-state index is 0.374. The van der Waals surface area contributed by atoms with Gasteiger partial charge in [-0.15, -0.1) is 0 Å². The second kappa shape index (κ2) is 7.29. The van der Waals surface area contributed by atoms with E-state index in [1.165, 1.54) is 7.11 Å². The highest BCUT2D eigenvalue weighted by atomic mass is 35.5. The number of aromatic nitrogens is 1. The molecule has 134 valence electrons. The number of nitrogens with zero attached hydrogens (tertiary/aromatic N) is 1. The maximum atomic E-state index is 12.1. The number of carbonyl (C=O) groups excluding carboxylic acids is 1. The van der Waals surface area contributed by atoms with Gasteiger partial charge in [0.15, 0.2) is 0 Å². The van der Waals surface area contributed by atoms with Crippen molar-refractivity contribution in [3.63, 3.8) is 0 Å². The largest absolute Gasteiger partial charge is 0.465 e. The van der Waals surface area contributed by atoms with E-state index in [1.807, 2.05) is 30.3 Å². The smallest absolute Gasteiger partial charge is 0.338 e. The fourth-order valence-electron chi connectivity index (χ4n) is 3.41. The zero-order valence-corrected chi connectivity index (χ0v) is 15.6. The Morgan fingerprint density at radius 2 is 1.78 bits per heavy atom. The number of para-hydroxylation sites is 1. The summed E-state index contributed by atoms with van der Waals surface area (Å²) >= 11 is 6.08. The third-order valence-corrected chi connectivity index (χ3v) is 4.95. The molecule has 0 atom stereocenters. The summed E-state index contributed by atoms with van der Waals surface area (Å²) in [6.45, 7) is 0. The molecule has 0 aliphatic carbocycles. The van der Waals surface area contributed by atoms with Crippen molar-refractivity contribution in [3.8, 4) is 5.69 Å². The molecule has 0 bridgehead atoms. The lowest BCUT2D eigenvalue weighted by atomic mass is 9.97. The zero-order chi connectivity index (χ0) is 18.8. The number of ether oxygens (including phenoxy) is 1. The van der Waals surface area contributed by atoms with Gasteiger partial charge in [-0.1, -0.05) is 48.0 Å². The van der Waals surface area contributed by atoms with Crippen LogP contribution >= 0.6 is 11.6 Å². The Balaban J connectivity index is 1.78. The van der Waals surface area contributed by atoms with Crippen molar-refractivity contribution in [1.82, 2.24) is 4.57 Å². The molecule has 1 heterocycles. The Bertz CT molecular complexity index is 1120. The van der Waals surface area contributed by atoms with Crippen LogP contribution in [0.3, 0.4) is 0 Å². The van der Waals surface area contributed by atoms with E-state index in [1.54, 1.807) is 12.1 Å². The molecular formula is C23H18ClNO2. The van der Waals surface area contributed by atoms with Gasteiger partial charge in [0.25, 0.3) is 0 Å². The average Bonchev–Trinajstić information content (AvgIpc) is 3.14. The molecule has 0 aliphatic rings. The Hall–Kier alpha value is -3.04. The van der Waals surface area contributed by atoms with Gasteiger partial charge < -0.3 is 9.30 Å². The number of esters is 1. The molecule has 4 aromatic rings. The predicted molar refractivity (Wildman–Crippen MR) is 109 cm³/mol. The van der Waals surface area contributed by atoms with Crippen molar-refractivity contribution in [2.45, 2.75) is 6.42 Å². The van der Waals surface area contributed by atoms with Crippen molar-refractivity contribution in [2.75, 3.05) is 7.11 Å². The first-order chi connectivity index (χ1) is 13.2. The number of halogens is 1. The van der Waals surface area contributed by atoms with E-state index >= 15 is 0 Å². The van der Waals surface area contributed by atoms with E-state index in [0.717, 1.165) is 27.7 Å². The highest BCUT2D eigenvalue weighted by Crippen LogP contribution is 2.27. The molecule has 0 saturated heterocycles. The molecule has 0 fully saturated rings. The molecule has 1 aromatic heterocycles. The van der Waals surface area contributed by atoms with E-state index in [4.69, 9.17) is 16.3 Å². The van der Waals surface area contributed by atoms with Crippen molar-refractivity contribution < 1.29 is 9.53 Å². The van der Waals surface area contributed by atoms with E-state index in [0.29, 0.717) is 17.0 Å². The van der Waals surface area contributed by atoms with Crippen LogP contribution in [0.4, 0.5) is 0 Å². The number of fused-ring (bicyclic) bond motifs is 1. The first-order valence-corrected chi connectivity index (χ1v) is 9.06. The molecule has 0 unspecified atom stereocenters. The van der Waals surface area contributed by atoms with Gasteiger partial charge in [-0.25, -0.2) is 4.79 Å². The second-order valence-electron chi connectivity index (χ2n) is 6.34. The van der Waals surface area contributed by atoms with Gasteiger partial charge >= 0.3 is 5.97 Å². The molecule has 0 spiro atoms. The van der Waals surface area contributed by atoms with Crippen LogP contribution in [0.5, 0.6) is 0 Å². The molecule has 0 amide bonds. The Morgan fingerprint density at radius 1 is 0.963 bits per heavy atom. The minimum atomic E-state index is -0.374. The first-order valence-electron chi connectivity index (χ1n) is 8.68. The summed E-state index contributed by atoms with van der Waals surface area (Å²) in [5.41, 5.74) is 4.80. The lowest BCUT2D eigenvalue weighted by Gasteiger charge is -2.11. The third-order valence-electron chi connectivity index (χ3n) is 4.72. The summed E-state index contributed by atoms with van der Waals surface area (Å²) in [7, 11) is 1.38. The van der Waals surface area contributed by atoms with Gasteiger partial charge in [-0.2, -0.15) is 0 Å². The van der Waals surface area contributed by atoms with Crippen LogP contribution in [0.2, 0.25) is 5.02 Å². The molecule has 3 nitrogen and oxygen atoms in total. The average molecular weight is 376 g/mol. The number of methoxy groups -OCH3 is 1. The molecular weight excluding hydrogens is 358 g/mol. The van der Waals surface area contributed by atoms with Crippen LogP contribution in [0.25, 0.3) is 16.6 Å². The molecule has 3 aromatic carbocycles. The molecule has 0 saturated carbocycles. The van der Waals surface area contributed by atoms with Gasteiger partial charge in [-0.3, -0.25) is 0 Å². The topological polar surface area (TPSA) is 31.2 Å². The van der Waals surface area contributed by atoms with Gasteiger partial charge in [-0.05, 0) is 53.9 Å². The molecule has 4 rings (SSSR count). The second-order valence-corrected chi connectivity index (χ2v) is 6.78. The van der Waals surface area contributed by atoms with Crippen LogP contribution in [0, 0.1) is 0 Å². The minimum Gasteiger partial charge on any atom is -0.465 e. The molecule has 0 aliphatic heterocycles.